The Morgan fingerprint density at radius 2 is 2.18 bits per heavy atom. The second-order valence-electron chi connectivity index (χ2n) is 3.85. The second-order valence-corrected chi connectivity index (χ2v) is 3.85. The molecule has 0 aromatic rings. The Labute approximate surface area is 69.1 Å². The van der Waals surface area contributed by atoms with E-state index in [4.69, 9.17) is 5.11 Å². The van der Waals surface area contributed by atoms with Crippen molar-refractivity contribution in [3.05, 3.63) is 12.2 Å². The maximum Gasteiger partial charge on any atom is 0.0467 e. The highest BCUT2D eigenvalue weighted by Crippen LogP contribution is 2.39. The monoisotopic (exact) mass is 154 g/mol. The average molecular weight is 154 g/mol. The molecule has 1 saturated carbocycles. The predicted octanol–water partition coefficient (Wildman–Crippen LogP) is 2.22. The minimum Gasteiger partial charge on any atom is -0.396 e. The minimum atomic E-state index is 0.332. The molecule has 1 rings (SSSR count). The molecule has 0 radical (unpaired) electrons. The van der Waals surface area contributed by atoms with Crippen LogP contribution in [0.2, 0.25) is 0 Å². The van der Waals surface area contributed by atoms with Gasteiger partial charge in [-0.3, -0.25) is 0 Å². The van der Waals surface area contributed by atoms with Crippen molar-refractivity contribution in [1.29, 1.82) is 0 Å². The molecule has 0 spiro atoms. The first kappa shape index (κ1) is 8.79. The summed E-state index contributed by atoms with van der Waals surface area (Å²) in [6, 6.07) is 0. The highest BCUT2D eigenvalue weighted by Gasteiger charge is 2.32. The molecule has 11 heavy (non-hydrogen) atoms. The standard InChI is InChI=1S/C10H18O/c1-7(2)9-5-4-8(3)10(9)6-11/h8-11H,1,4-6H2,2-3H3/t8-,9-,10+/m1/s1. The largest absolute Gasteiger partial charge is 0.396 e. The summed E-state index contributed by atoms with van der Waals surface area (Å²) < 4.78 is 0. The molecule has 0 aromatic heterocycles. The Kier molecular flexibility index (Phi) is 2.72. The van der Waals surface area contributed by atoms with Crippen LogP contribution in [0.15, 0.2) is 12.2 Å². The molecule has 0 amide bonds. The summed E-state index contributed by atoms with van der Waals surface area (Å²) >= 11 is 0. The van der Waals surface area contributed by atoms with E-state index in [1.54, 1.807) is 0 Å². The molecule has 1 nitrogen and oxygen atoms in total. The fraction of sp³-hybridized carbons (Fsp3) is 0.800. The van der Waals surface area contributed by atoms with Crippen molar-refractivity contribution in [1.82, 2.24) is 0 Å². The summed E-state index contributed by atoms with van der Waals surface area (Å²) in [5, 5.41) is 9.11. The molecular formula is C10H18O. The maximum absolute atomic E-state index is 9.11. The third-order valence-electron chi connectivity index (χ3n) is 3.02. The molecule has 0 bridgehead atoms. The third kappa shape index (κ3) is 1.64. The molecule has 3 atom stereocenters. The smallest absolute Gasteiger partial charge is 0.0467 e. The van der Waals surface area contributed by atoms with Crippen molar-refractivity contribution in [2.45, 2.75) is 26.7 Å². The van der Waals surface area contributed by atoms with Crippen LogP contribution in [0.1, 0.15) is 26.7 Å². The van der Waals surface area contributed by atoms with Gasteiger partial charge in [0.1, 0.15) is 0 Å². The second kappa shape index (κ2) is 3.40. The van der Waals surface area contributed by atoms with Crippen LogP contribution in [0.25, 0.3) is 0 Å². The zero-order valence-corrected chi connectivity index (χ0v) is 7.51. The summed E-state index contributed by atoms with van der Waals surface area (Å²) in [7, 11) is 0. The Balaban J connectivity index is 2.61. The Hall–Kier alpha value is -0.300. The van der Waals surface area contributed by atoms with Crippen molar-refractivity contribution >= 4 is 0 Å². The van der Waals surface area contributed by atoms with Gasteiger partial charge in [-0.05, 0) is 37.5 Å². The molecule has 1 heteroatoms. The zero-order chi connectivity index (χ0) is 8.43. The van der Waals surface area contributed by atoms with E-state index in [1.165, 1.54) is 18.4 Å². The topological polar surface area (TPSA) is 20.2 Å². The zero-order valence-electron chi connectivity index (χ0n) is 7.51. The van der Waals surface area contributed by atoms with Gasteiger partial charge in [-0.15, -0.1) is 0 Å². The van der Waals surface area contributed by atoms with Gasteiger partial charge in [-0.1, -0.05) is 19.1 Å². The summed E-state index contributed by atoms with van der Waals surface area (Å²) in [6.45, 7) is 8.59. The average Bonchev–Trinajstić information content (AvgIpc) is 2.30. The van der Waals surface area contributed by atoms with Gasteiger partial charge in [0.05, 0.1) is 0 Å². The minimum absolute atomic E-state index is 0.332. The molecule has 1 fully saturated rings. The van der Waals surface area contributed by atoms with Gasteiger partial charge in [0.25, 0.3) is 0 Å². The van der Waals surface area contributed by atoms with E-state index >= 15 is 0 Å². The molecule has 0 unspecified atom stereocenters. The fourth-order valence-electron chi connectivity index (χ4n) is 2.19. The van der Waals surface area contributed by atoms with Crippen LogP contribution < -0.4 is 0 Å². The molecular weight excluding hydrogens is 136 g/mol. The Morgan fingerprint density at radius 3 is 2.55 bits per heavy atom. The summed E-state index contributed by atoms with van der Waals surface area (Å²) in [5.74, 6) is 1.74. The van der Waals surface area contributed by atoms with Gasteiger partial charge in [-0.2, -0.15) is 0 Å². The molecule has 64 valence electrons. The van der Waals surface area contributed by atoms with Crippen molar-refractivity contribution in [2.24, 2.45) is 17.8 Å². The summed E-state index contributed by atoms with van der Waals surface area (Å²) in [5.41, 5.74) is 1.24. The van der Waals surface area contributed by atoms with E-state index in [9.17, 15) is 0 Å². The summed E-state index contributed by atoms with van der Waals surface area (Å²) in [4.78, 5) is 0. The van der Waals surface area contributed by atoms with Gasteiger partial charge in [-0.25, -0.2) is 0 Å². The first-order chi connectivity index (χ1) is 5.16. The number of allylic oxidation sites excluding steroid dienone is 1. The van der Waals surface area contributed by atoms with Crippen molar-refractivity contribution in [3.8, 4) is 0 Å². The van der Waals surface area contributed by atoms with Crippen LogP contribution >= 0.6 is 0 Å². The van der Waals surface area contributed by atoms with Crippen LogP contribution in [0.5, 0.6) is 0 Å². The number of aliphatic hydroxyl groups is 1. The molecule has 1 aliphatic carbocycles. The molecule has 0 aliphatic heterocycles. The van der Waals surface area contributed by atoms with E-state index in [-0.39, 0.29) is 0 Å². The van der Waals surface area contributed by atoms with E-state index in [2.05, 4.69) is 20.4 Å². The highest BCUT2D eigenvalue weighted by atomic mass is 16.3. The summed E-state index contributed by atoms with van der Waals surface area (Å²) in [6.07, 6.45) is 2.48. The lowest BCUT2D eigenvalue weighted by atomic mass is 9.87. The van der Waals surface area contributed by atoms with Gasteiger partial charge < -0.3 is 5.11 Å². The molecule has 0 heterocycles. The van der Waals surface area contributed by atoms with E-state index < -0.39 is 0 Å². The van der Waals surface area contributed by atoms with Gasteiger partial charge in [0.15, 0.2) is 0 Å². The van der Waals surface area contributed by atoms with E-state index in [0.29, 0.717) is 24.4 Å². The predicted molar refractivity (Wildman–Crippen MR) is 47.3 cm³/mol. The number of hydrogen-bond acceptors (Lipinski definition) is 1. The van der Waals surface area contributed by atoms with Crippen molar-refractivity contribution in [3.63, 3.8) is 0 Å². The van der Waals surface area contributed by atoms with Gasteiger partial charge in [0.2, 0.25) is 0 Å². The highest BCUT2D eigenvalue weighted by molar-refractivity contribution is 5.03. The van der Waals surface area contributed by atoms with Crippen LogP contribution in [-0.2, 0) is 0 Å². The normalized spacial score (nSPS) is 37.5. The van der Waals surface area contributed by atoms with Crippen LogP contribution in [0.4, 0.5) is 0 Å². The lowest BCUT2D eigenvalue weighted by Gasteiger charge is -2.20. The lowest BCUT2D eigenvalue weighted by Crippen LogP contribution is -2.17. The molecule has 0 aromatic carbocycles. The van der Waals surface area contributed by atoms with E-state index in [1.807, 2.05) is 0 Å². The molecule has 1 N–H and O–H groups in total. The molecule has 0 saturated heterocycles. The number of aliphatic hydroxyl groups excluding tert-OH is 1. The molecule has 1 aliphatic rings. The fourth-order valence-corrected chi connectivity index (χ4v) is 2.19. The lowest BCUT2D eigenvalue weighted by molar-refractivity contribution is 0.178. The van der Waals surface area contributed by atoms with Crippen LogP contribution in [-0.4, -0.2) is 11.7 Å². The SMILES string of the molecule is C=C(C)[C@H]1CC[C@@H](C)[C@@H]1CO. The maximum atomic E-state index is 9.11. The quantitative estimate of drug-likeness (QED) is 0.605. The Bertz CT molecular complexity index is 151. The number of hydrogen-bond donors (Lipinski definition) is 1. The van der Waals surface area contributed by atoms with Crippen molar-refractivity contribution in [2.75, 3.05) is 6.61 Å². The van der Waals surface area contributed by atoms with Gasteiger partial charge >= 0.3 is 0 Å². The van der Waals surface area contributed by atoms with Gasteiger partial charge in [0, 0.05) is 6.61 Å². The first-order valence-electron chi connectivity index (χ1n) is 4.43. The third-order valence-corrected chi connectivity index (χ3v) is 3.02. The van der Waals surface area contributed by atoms with E-state index in [0.717, 1.165) is 0 Å². The van der Waals surface area contributed by atoms with Crippen LogP contribution in [0, 0.1) is 17.8 Å². The Morgan fingerprint density at radius 1 is 1.55 bits per heavy atom. The van der Waals surface area contributed by atoms with Crippen LogP contribution in [0.3, 0.4) is 0 Å². The first-order valence-corrected chi connectivity index (χ1v) is 4.43. The number of rotatable bonds is 2. The van der Waals surface area contributed by atoms with Crippen molar-refractivity contribution < 1.29 is 5.11 Å².